The normalized spacial score (nSPS) is 11.3. The van der Waals surface area contributed by atoms with Gasteiger partial charge in [0.25, 0.3) is 0 Å². The zero-order valence-corrected chi connectivity index (χ0v) is 14.4. The number of hydrogen-bond acceptors (Lipinski definition) is 4. The number of urea groups is 1. The average molecular weight is 338 g/mol. The fraction of sp³-hybridized carbons (Fsp3) is 0.333. The highest BCUT2D eigenvalue weighted by molar-refractivity contribution is 7.15. The van der Waals surface area contributed by atoms with Gasteiger partial charge in [-0.25, -0.2) is 9.59 Å². The number of carbonyl (C=O) groups excluding carboxylic acids is 1. The number of hydrogen-bond donors (Lipinski definition) is 3. The molecule has 5 nitrogen and oxygen atoms in total. The fourth-order valence-corrected chi connectivity index (χ4v) is 3.57. The van der Waals surface area contributed by atoms with Gasteiger partial charge in [0, 0.05) is 4.88 Å². The zero-order chi connectivity index (χ0) is 16.5. The Labute approximate surface area is 137 Å². The van der Waals surface area contributed by atoms with Crippen LogP contribution >= 0.6 is 22.7 Å². The van der Waals surface area contributed by atoms with Crippen molar-refractivity contribution in [1.82, 2.24) is 0 Å². The second kappa shape index (κ2) is 6.10. The summed E-state index contributed by atoms with van der Waals surface area (Å²) < 4.78 is 0. The molecule has 22 heavy (non-hydrogen) atoms. The molecular weight excluding hydrogens is 320 g/mol. The quantitative estimate of drug-likeness (QED) is 0.755. The Balaban J connectivity index is 2.19. The third-order valence-corrected chi connectivity index (χ3v) is 5.39. The van der Waals surface area contributed by atoms with Crippen LogP contribution in [0.3, 0.4) is 0 Å². The van der Waals surface area contributed by atoms with Gasteiger partial charge in [-0.3, -0.25) is 5.32 Å². The van der Waals surface area contributed by atoms with Crippen molar-refractivity contribution in [1.29, 1.82) is 0 Å². The Morgan fingerprint density at radius 2 is 1.86 bits per heavy atom. The van der Waals surface area contributed by atoms with E-state index in [1.54, 1.807) is 6.07 Å². The number of nitrogens with one attached hydrogen (secondary N) is 2. The summed E-state index contributed by atoms with van der Waals surface area (Å²) in [7, 11) is 0. The predicted octanol–water partition coefficient (Wildman–Crippen LogP) is 4.76. The molecule has 0 aliphatic heterocycles. The molecule has 2 amide bonds. The first-order valence-corrected chi connectivity index (χ1v) is 8.37. The molecular formula is C15H18N2O3S2. The third-order valence-electron chi connectivity index (χ3n) is 2.88. The minimum Gasteiger partial charge on any atom is -0.477 e. The van der Waals surface area contributed by atoms with Crippen molar-refractivity contribution in [3.8, 4) is 0 Å². The van der Waals surface area contributed by atoms with Gasteiger partial charge in [0.05, 0.1) is 10.7 Å². The van der Waals surface area contributed by atoms with E-state index in [0.29, 0.717) is 5.69 Å². The molecule has 0 bridgehead atoms. The summed E-state index contributed by atoms with van der Waals surface area (Å²) >= 11 is 2.61. The first-order chi connectivity index (χ1) is 10.2. The number of thiophene rings is 2. The molecule has 2 aromatic rings. The summed E-state index contributed by atoms with van der Waals surface area (Å²) in [6, 6.07) is 3.15. The van der Waals surface area contributed by atoms with E-state index in [-0.39, 0.29) is 10.3 Å². The molecule has 3 N–H and O–H groups in total. The van der Waals surface area contributed by atoms with Crippen LogP contribution in [0.5, 0.6) is 0 Å². The number of carbonyl (C=O) groups is 2. The Morgan fingerprint density at radius 3 is 2.36 bits per heavy atom. The summed E-state index contributed by atoms with van der Waals surface area (Å²) in [5.74, 6) is -1.04. The topological polar surface area (TPSA) is 78.4 Å². The van der Waals surface area contributed by atoms with E-state index in [1.165, 1.54) is 22.7 Å². The Bertz CT molecular complexity index is 711. The Kier molecular flexibility index (Phi) is 4.58. The van der Waals surface area contributed by atoms with Crippen molar-refractivity contribution in [3.63, 3.8) is 0 Å². The molecule has 7 heteroatoms. The van der Waals surface area contributed by atoms with Gasteiger partial charge in [0.15, 0.2) is 0 Å². The van der Waals surface area contributed by atoms with Crippen LogP contribution in [-0.2, 0) is 5.41 Å². The van der Waals surface area contributed by atoms with Crippen LogP contribution < -0.4 is 10.6 Å². The second-order valence-corrected chi connectivity index (χ2v) is 7.94. The van der Waals surface area contributed by atoms with Gasteiger partial charge in [-0.1, -0.05) is 20.8 Å². The summed E-state index contributed by atoms with van der Waals surface area (Å²) in [6.07, 6.45) is 0. The summed E-state index contributed by atoms with van der Waals surface area (Å²) in [4.78, 5) is 24.4. The molecule has 0 aromatic carbocycles. The Morgan fingerprint density at radius 1 is 1.18 bits per heavy atom. The minimum atomic E-state index is -1.04. The molecule has 0 spiro atoms. The van der Waals surface area contributed by atoms with Crippen molar-refractivity contribution in [2.75, 3.05) is 10.6 Å². The van der Waals surface area contributed by atoms with Gasteiger partial charge >= 0.3 is 12.0 Å². The van der Waals surface area contributed by atoms with Crippen LogP contribution in [-0.4, -0.2) is 17.1 Å². The standard InChI is InChI=1S/C15H18N2O3S2/c1-8-5-11(21-7-8)17-14(20)16-9-6-10(15(2,3)4)22-12(9)13(18)19/h5-7H,1-4H3,(H,18,19)(H2,16,17,20). The predicted molar refractivity (Wildman–Crippen MR) is 91.7 cm³/mol. The van der Waals surface area contributed by atoms with Crippen LogP contribution in [0, 0.1) is 6.92 Å². The lowest BCUT2D eigenvalue weighted by molar-refractivity contribution is 0.0703. The van der Waals surface area contributed by atoms with Crippen molar-refractivity contribution in [2.24, 2.45) is 0 Å². The van der Waals surface area contributed by atoms with Crippen LogP contribution in [0.1, 0.15) is 40.9 Å². The van der Waals surface area contributed by atoms with E-state index in [1.807, 2.05) is 39.1 Å². The maximum Gasteiger partial charge on any atom is 0.348 e. The molecule has 0 aliphatic carbocycles. The molecule has 2 rings (SSSR count). The highest BCUT2D eigenvalue weighted by Crippen LogP contribution is 2.35. The van der Waals surface area contributed by atoms with Crippen molar-refractivity contribution >= 4 is 45.4 Å². The lowest BCUT2D eigenvalue weighted by Crippen LogP contribution is -2.19. The van der Waals surface area contributed by atoms with E-state index < -0.39 is 12.0 Å². The van der Waals surface area contributed by atoms with E-state index in [4.69, 9.17) is 0 Å². The summed E-state index contributed by atoms with van der Waals surface area (Å²) in [5.41, 5.74) is 1.22. The van der Waals surface area contributed by atoms with Gasteiger partial charge in [-0.05, 0) is 35.4 Å². The molecule has 0 saturated carbocycles. The summed E-state index contributed by atoms with van der Waals surface area (Å²) in [5, 5.41) is 17.3. The Hall–Kier alpha value is -1.86. The molecule has 0 fully saturated rings. The molecule has 2 heterocycles. The van der Waals surface area contributed by atoms with Crippen LogP contribution in [0.15, 0.2) is 17.5 Å². The van der Waals surface area contributed by atoms with Crippen molar-refractivity contribution < 1.29 is 14.7 Å². The highest BCUT2D eigenvalue weighted by atomic mass is 32.1. The number of carboxylic acids is 1. The van der Waals surface area contributed by atoms with Crippen molar-refractivity contribution in [3.05, 3.63) is 32.8 Å². The number of aromatic carboxylic acids is 1. The molecule has 0 radical (unpaired) electrons. The molecule has 2 aromatic heterocycles. The van der Waals surface area contributed by atoms with Gasteiger partial charge in [0.1, 0.15) is 4.88 Å². The second-order valence-electron chi connectivity index (χ2n) is 5.98. The van der Waals surface area contributed by atoms with E-state index >= 15 is 0 Å². The first kappa shape index (κ1) is 16.5. The molecule has 118 valence electrons. The maximum atomic E-state index is 12.0. The molecule has 0 saturated heterocycles. The number of amides is 2. The minimum absolute atomic E-state index is 0.141. The van der Waals surface area contributed by atoms with E-state index in [0.717, 1.165) is 15.4 Å². The molecule has 0 unspecified atom stereocenters. The number of aryl methyl sites for hydroxylation is 1. The zero-order valence-electron chi connectivity index (χ0n) is 12.8. The number of anilines is 2. The monoisotopic (exact) mass is 338 g/mol. The van der Waals surface area contributed by atoms with E-state index in [2.05, 4.69) is 10.6 Å². The van der Waals surface area contributed by atoms with Gasteiger partial charge in [-0.15, -0.1) is 22.7 Å². The van der Waals surface area contributed by atoms with Crippen LogP contribution in [0.2, 0.25) is 0 Å². The van der Waals surface area contributed by atoms with Gasteiger partial charge in [0.2, 0.25) is 0 Å². The third kappa shape index (κ3) is 3.86. The molecule has 0 atom stereocenters. The van der Waals surface area contributed by atoms with Crippen LogP contribution in [0.4, 0.5) is 15.5 Å². The van der Waals surface area contributed by atoms with Gasteiger partial charge in [-0.2, -0.15) is 0 Å². The smallest absolute Gasteiger partial charge is 0.348 e. The van der Waals surface area contributed by atoms with Gasteiger partial charge < -0.3 is 10.4 Å². The SMILES string of the molecule is Cc1csc(NC(=O)Nc2cc(C(C)(C)C)sc2C(=O)O)c1. The largest absolute Gasteiger partial charge is 0.477 e. The molecule has 0 aliphatic rings. The average Bonchev–Trinajstić information content (AvgIpc) is 2.95. The summed E-state index contributed by atoms with van der Waals surface area (Å²) in [6.45, 7) is 7.95. The van der Waals surface area contributed by atoms with Crippen LogP contribution in [0.25, 0.3) is 0 Å². The lowest BCUT2D eigenvalue weighted by Gasteiger charge is -2.15. The lowest BCUT2D eigenvalue weighted by atomic mass is 9.94. The fourth-order valence-electron chi connectivity index (χ4n) is 1.77. The highest BCUT2D eigenvalue weighted by Gasteiger charge is 2.23. The maximum absolute atomic E-state index is 12.0. The number of carboxylic acid groups (broad SMARTS) is 1. The number of rotatable bonds is 3. The van der Waals surface area contributed by atoms with E-state index in [9.17, 15) is 14.7 Å². The van der Waals surface area contributed by atoms with Crippen molar-refractivity contribution in [2.45, 2.75) is 33.1 Å². The first-order valence-electron chi connectivity index (χ1n) is 6.67.